The molecule has 0 heterocycles. The topological polar surface area (TPSA) is 143 Å². The fourth-order valence-corrected chi connectivity index (χ4v) is 3.87. The van der Waals surface area contributed by atoms with Crippen LogP contribution in [0.1, 0.15) is 11.1 Å². The van der Waals surface area contributed by atoms with Crippen molar-refractivity contribution in [3.8, 4) is 5.75 Å². The van der Waals surface area contributed by atoms with Crippen molar-refractivity contribution in [3.05, 3.63) is 115 Å². The Bertz CT molecular complexity index is 1520. The molecule has 0 spiro atoms. The van der Waals surface area contributed by atoms with Gasteiger partial charge in [0, 0.05) is 17.5 Å². The number of halogens is 1. The molecule has 0 radical (unpaired) electrons. The quantitative estimate of drug-likeness (QED) is 0.115. The van der Waals surface area contributed by atoms with Gasteiger partial charge < -0.3 is 15.7 Å². The first-order chi connectivity index (χ1) is 17.7. The summed E-state index contributed by atoms with van der Waals surface area (Å²) in [5.74, 6) is 0.0227. The van der Waals surface area contributed by atoms with Crippen LogP contribution in [0.4, 0.5) is 39.8 Å². The molecule has 4 aromatic rings. The lowest BCUT2D eigenvalue weighted by Crippen LogP contribution is -2.03. The molecular formula is C26H20BrN5O5. The Labute approximate surface area is 219 Å². The fraction of sp³-hybridized carbons (Fsp3) is 0.0385. The molecule has 0 atom stereocenters. The largest absolute Gasteiger partial charge is 0.506 e. The minimum Gasteiger partial charge on any atom is -0.506 e. The number of benzene rings is 4. The number of aryl methyl sites for hydroxylation is 1. The predicted molar refractivity (Wildman–Crippen MR) is 147 cm³/mol. The van der Waals surface area contributed by atoms with Crippen LogP contribution in [-0.4, -0.2) is 21.2 Å². The lowest BCUT2D eigenvalue weighted by Gasteiger charge is -2.13. The maximum atomic E-state index is 11.8. The maximum Gasteiger partial charge on any atom is 0.299 e. The molecule has 186 valence electrons. The van der Waals surface area contributed by atoms with Crippen LogP contribution in [0.2, 0.25) is 0 Å². The van der Waals surface area contributed by atoms with E-state index in [0.29, 0.717) is 27.1 Å². The van der Waals surface area contributed by atoms with E-state index in [1.54, 1.807) is 54.6 Å². The lowest BCUT2D eigenvalue weighted by molar-refractivity contribution is -0.393. The molecule has 0 amide bonds. The summed E-state index contributed by atoms with van der Waals surface area (Å²) in [7, 11) is 0. The third-order valence-electron chi connectivity index (χ3n) is 5.37. The summed E-state index contributed by atoms with van der Waals surface area (Å²) < 4.78 is 0.512. The standard InChI is InChI=1S/C26H20BrN5O5/c1-16-9-11-18(12-10-16)29-22-13-23(25(32(36)37)14-24(22)31(34)35)30-21-8-3-2-7-20(21)28-15-17-5-4-6-19(27)26(17)33/h2-15,29-30,33H,1H3. The molecule has 0 aliphatic rings. The van der Waals surface area contributed by atoms with Gasteiger partial charge in [0.05, 0.1) is 31.8 Å². The number of rotatable bonds is 8. The first-order valence-corrected chi connectivity index (χ1v) is 11.7. The van der Waals surface area contributed by atoms with Crippen molar-refractivity contribution in [2.24, 2.45) is 4.99 Å². The minimum atomic E-state index is -0.684. The first-order valence-electron chi connectivity index (χ1n) is 10.9. The Morgan fingerprint density at radius 3 is 2.16 bits per heavy atom. The van der Waals surface area contributed by atoms with E-state index < -0.39 is 21.2 Å². The smallest absolute Gasteiger partial charge is 0.299 e. The highest BCUT2D eigenvalue weighted by Gasteiger charge is 2.25. The number of aromatic hydroxyl groups is 1. The van der Waals surface area contributed by atoms with Gasteiger partial charge in [0.15, 0.2) is 0 Å². The zero-order valence-electron chi connectivity index (χ0n) is 19.4. The molecule has 0 saturated heterocycles. The van der Waals surface area contributed by atoms with Gasteiger partial charge in [0.2, 0.25) is 0 Å². The summed E-state index contributed by atoms with van der Waals surface area (Å²) in [6.45, 7) is 1.91. The van der Waals surface area contributed by atoms with Crippen molar-refractivity contribution in [3.63, 3.8) is 0 Å². The molecule has 0 aromatic heterocycles. The second-order valence-electron chi connectivity index (χ2n) is 7.97. The molecule has 0 bridgehead atoms. The first kappa shape index (κ1) is 25.3. The number of phenolic OH excluding ortho intramolecular Hbond substituents is 1. The van der Waals surface area contributed by atoms with Gasteiger partial charge in [-0.05, 0) is 65.3 Å². The molecule has 0 aliphatic carbocycles. The second kappa shape index (κ2) is 10.9. The molecule has 4 rings (SSSR count). The molecule has 11 heteroatoms. The summed E-state index contributed by atoms with van der Waals surface area (Å²) in [6, 6.07) is 21.4. The summed E-state index contributed by atoms with van der Waals surface area (Å²) in [4.78, 5) is 26.6. The van der Waals surface area contributed by atoms with Crippen LogP contribution >= 0.6 is 15.9 Å². The van der Waals surface area contributed by atoms with Crippen LogP contribution in [0.3, 0.4) is 0 Å². The van der Waals surface area contributed by atoms with Crippen LogP contribution in [-0.2, 0) is 0 Å². The van der Waals surface area contributed by atoms with Gasteiger partial charge in [0.25, 0.3) is 11.4 Å². The Morgan fingerprint density at radius 2 is 1.49 bits per heavy atom. The van der Waals surface area contributed by atoms with Crippen molar-refractivity contribution >= 4 is 62.0 Å². The van der Waals surface area contributed by atoms with E-state index in [1.165, 1.54) is 12.3 Å². The Balaban J connectivity index is 1.74. The highest BCUT2D eigenvalue weighted by molar-refractivity contribution is 9.10. The van der Waals surface area contributed by atoms with E-state index in [9.17, 15) is 25.3 Å². The average Bonchev–Trinajstić information content (AvgIpc) is 2.87. The summed E-state index contributed by atoms with van der Waals surface area (Å²) in [6.07, 6.45) is 1.47. The molecule has 0 fully saturated rings. The van der Waals surface area contributed by atoms with E-state index >= 15 is 0 Å². The number of para-hydroxylation sites is 3. The van der Waals surface area contributed by atoms with E-state index in [1.807, 2.05) is 19.1 Å². The van der Waals surface area contributed by atoms with Crippen molar-refractivity contribution < 1.29 is 15.0 Å². The average molecular weight is 562 g/mol. The van der Waals surface area contributed by atoms with E-state index in [0.717, 1.165) is 11.6 Å². The number of nitrogens with zero attached hydrogens (tertiary/aromatic N) is 3. The molecule has 0 unspecified atom stereocenters. The zero-order valence-corrected chi connectivity index (χ0v) is 21.0. The van der Waals surface area contributed by atoms with Crippen molar-refractivity contribution in [1.29, 1.82) is 0 Å². The molecule has 10 nitrogen and oxygen atoms in total. The highest BCUT2D eigenvalue weighted by atomic mass is 79.9. The molecule has 4 aromatic carbocycles. The van der Waals surface area contributed by atoms with E-state index in [4.69, 9.17) is 0 Å². The van der Waals surface area contributed by atoms with Crippen LogP contribution in [0, 0.1) is 27.2 Å². The molecular weight excluding hydrogens is 542 g/mol. The SMILES string of the molecule is Cc1ccc(Nc2cc(Nc3ccccc3N=Cc3cccc(Br)c3O)c([N+](=O)[O-])cc2[N+](=O)[O-])cc1. The monoisotopic (exact) mass is 561 g/mol. The van der Waals surface area contributed by atoms with Crippen molar-refractivity contribution in [2.75, 3.05) is 10.6 Å². The number of anilines is 4. The summed E-state index contributed by atoms with van der Waals surface area (Å²) in [5.41, 5.74) is 2.15. The van der Waals surface area contributed by atoms with E-state index in [2.05, 4.69) is 31.6 Å². The number of hydrogen-bond donors (Lipinski definition) is 3. The number of aliphatic imine (C=N–C) groups is 1. The Hall–Kier alpha value is -4.77. The number of nitro benzene ring substituents is 2. The Kier molecular flexibility index (Phi) is 7.44. The van der Waals surface area contributed by atoms with Gasteiger partial charge >= 0.3 is 0 Å². The predicted octanol–water partition coefficient (Wildman–Crippen LogP) is 7.52. The number of nitro groups is 2. The van der Waals surface area contributed by atoms with Gasteiger partial charge in [-0.2, -0.15) is 0 Å². The minimum absolute atomic E-state index is 0.0227. The number of phenols is 1. The second-order valence-corrected chi connectivity index (χ2v) is 8.82. The van der Waals surface area contributed by atoms with Gasteiger partial charge in [-0.25, -0.2) is 0 Å². The number of nitrogens with one attached hydrogen (secondary N) is 2. The van der Waals surface area contributed by atoms with E-state index in [-0.39, 0.29) is 17.1 Å². The molecule has 0 aliphatic heterocycles. The third-order valence-corrected chi connectivity index (χ3v) is 6.01. The molecule has 37 heavy (non-hydrogen) atoms. The van der Waals surface area contributed by atoms with Gasteiger partial charge in [0.1, 0.15) is 17.1 Å². The van der Waals surface area contributed by atoms with Crippen molar-refractivity contribution in [2.45, 2.75) is 6.92 Å². The zero-order chi connectivity index (χ0) is 26.5. The maximum absolute atomic E-state index is 11.8. The lowest BCUT2D eigenvalue weighted by atomic mass is 10.1. The normalized spacial score (nSPS) is 10.9. The van der Waals surface area contributed by atoms with Crippen molar-refractivity contribution in [1.82, 2.24) is 0 Å². The highest BCUT2D eigenvalue weighted by Crippen LogP contribution is 2.40. The van der Waals surface area contributed by atoms with Crippen LogP contribution in [0.15, 0.2) is 88.3 Å². The van der Waals surface area contributed by atoms with Crippen LogP contribution in [0.25, 0.3) is 0 Å². The van der Waals surface area contributed by atoms with Gasteiger partial charge in [-0.15, -0.1) is 0 Å². The molecule has 0 saturated carbocycles. The third kappa shape index (κ3) is 5.90. The molecule has 3 N–H and O–H groups in total. The van der Waals surface area contributed by atoms with Gasteiger partial charge in [-0.3, -0.25) is 25.2 Å². The summed E-state index contributed by atoms with van der Waals surface area (Å²) in [5, 5.41) is 39.7. The van der Waals surface area contributed by atoms with Crippen LogP contribution in [0.5, 0.6) is 5.75 Å². The Morgan fingerprint density at radius 1 is 0.838 bits per heavy atom. The number of hydrogen-bond acceptors (Lipinski definition) is 8. The summed E-state index contributed by atoms with van der Waals surface area (Å²) >= 11 is 3.26. The van der Waals surface area contributed by atoms with Crippen LogP contribution < -0.4 is 10.6 Å². The fourth-order valence-electron chi connectivity index (χ4n) is 3.48. The van der Waals surface area contributed by atoms with Gasteiger partial charge in [-0.1, -0.05) is 35.9 Å².